The molecule has 0 aliphatic carbocycles. The Labute approximate surface area is 172 Å². The lowest BCUT2D eigenvalue weighted by atomic mass is 10.1. The molecule has 0 atom stereocenters. The largest absolute Gasteiger partial charge is 0.500 e. The van der Waals surface area contributed by atoms with E-state index in [1.54, 1.807) is 12.1 Å². The van der Waals surface area contributed by atoms with Gasteiger partial charge in [0.2, 0.25) is 5.75 Å². The quantitative estimate of drug-likeness (QED) is 0.398. The van der Waals surface area contributed by atoms with Crippen LogP contribution in [-0.4, -0.2) is 33.2 Å². The first-order valence-corrected chi connectivity index (χ1v) is 9.46. The fraction of sp³-hybridized carbons (Fsp3) is 0.111. The van der Waals surface area contributed by atoms with E-state index < -0.39 is 27.5 Å². The number of imide groups is 1. The van der Waals surface area contributed by atoms with Crippen LogP contribution in [0, 0.1) is 10.1 Å². The fourth-order valence-corrected chi connectivity index (χ4v) is 3.65. The van der Waals surface area contributed by atoms with Crippen LogP contribution in [0.15, 0.2) is 45.8 Å². The highest BCUT2D eigenvalue weighted by molar-refractivity contribution is 9.10. The van der Waals surface area contributed by atoms with E-state index in [1.807, 2.05) is 12.1 Å². The summed E-state index contributed by atoms with van der Waals surface area (Å²) in [6, 6.07) is 9.68. The van der Waals surface area contributed by atoms with Crippen molar-refractivity contribution in [3.63, 3.8) is 0 Å². The van der Waals surface area contributed by atoms with Crippen LogP contribution >= 0.6 is 27.7 Å². The number of nitro benzene ring substituents is 1. The second kappa shape index (κ2) is 8.03. The van der Waals surface area contributed by atoms with E-state index in [9.17, 15) is 24.8 Å². The van der Waals surface area contributed by atoms with Gasteiger partial charge in [-0.2, -0.15) is 0 Å². The van der Waals surface area contributed by atoms with Crippen molar-refractivity contribution in [2.45, 2.75) is 6.54 Å². The molecule has 0 radical (unpaired) electrons. The Balaban J connectivity index is 1.90. The molecular weight excluding hydrogens is 452 g/mol. The molecule has 1 N–H and O–H groups in total. The number of hydrogen-bond acceptors (Lipinski definition) is 7. The van der Waals surface area contributed by atoms with Gasteiger partial charge in [0.1, 0.15) is 0 Å². The third-order valence-corrected chi connectivity index (χ3v) is 5.36. The Morgan fingerprint density at radius 3 is 2.57 bits per heavy atom. The van der Waals surface area contributed by atoms with Gasteiger partial charge in [0.25, 0.3) is 11.1 Å². The minimum absolute atomic E-state index is 0.102. The van der Waals surface area contributed by atoms with E-state index in [0.29, 0.717) is 0 Å². The number of aromatic hydroxyl groups is 1. The predicted molar refractivity (Wildman–Crippen MR) is 107 cm³/mol. The molecule has 1 aliphatic heterocycles. The monoisotopic (exact) mass is 464 g/mol. The number of hydrogen-bond donors (Lipinski definition) is 1. The molecule has 0 bridgehead atoms. The molecule has 8 nitrogen and oxygen atoms in total. The van der Waals surface area contributed by atoms with Gasteiger partial charge >= 0.3 is 5.69 Å². The molecule has 2 amide bonds. The van der Waals surface area contributed by atoms with Crippen molar-refractivity contribution < 1.29 is 24.4 Å². The maximum atomic E-state index is 12.6. The highest BCUT2D eigenvalue weighted by atomic mass is 79.9. The van der Waals surface area contributed by atoms with E-state index >= 15 is 0 Å². The van der Waals surface area contributed by atoms with Crippen LogP contribution in [0.25, 0.3) is 6.08 Å². The van der Waals surface area contributed by atoms with E-state index in [-0.39, 0.29) is 22.8 Å². The SMILES string of the molecule is COc1cc(/C=C2\SC(=O)N(Cc3ccc(Br)cc3)C2=O)cc([N+](=O)[O-])c1O. The minimum atomic E-state index is -0.755. The summed E-state index contributed by atoms with van der Waals surface area (Å²) in [6.45, 7) is 0.119. The first-order valence-electron chi connectivity index (χ1n) is 7.85. The summed E-state index contributed by atoms with van der Waals surface area (Å²) in [4.78, 5) is 36.5. The van der Waals surface area contributed by atoms with Crippen molar-refractivity contribution in [1.29, 1.82) is 0 Å². The highest BCUT2D eigenvalue weighted by Crippen LogP contribution is 2.39. The number of phenolic OH excluding ortho intramolecular Hbond substituents is 1. The molecule has 28 heavy (non-hydrogen) atoms. The summed E-state index contributed by atoms with van der Waals surface area (Å²) in [5, 5.41) is 20.5. The number of ether oxygens (including phenoxy) is 1. The van der Waals surface area contributed by atoms with Gasteiger partial charge in [0.15, 0.2) is 5.75 Å². The standard InChI is InChI=1S/C18H13BrN2O6S/c1-27-14-7-11(6-13(16(14)22)21(25)26)8-15-17(23)20(18(24)28-15)9-10-2-4-12(19)5-3-10/h2-8,22H,9H2,1H3/b15-8-. The highest BCUT2D eigenvalue weighted by Gasteiger charge is 2.35. The van der Waals surface area contributed by atoms with Gasteiger partial charge in [0.05, 0.1) is 23.5 Å². The first kappa shape index (κ1) is 19.9. The van der Waals surface area contributed by atoms with Crippen molar-refractivity contribution >= 4 is 50.6 Å². The molecule has 2 aromatic carbocycles. The number of thioether (sulfide) groups is 1. The molecule has 0 aromatic heterocycles. The van der Waals surface area contributed by atoms with Gasteiger partial charge in [-0.1, -0.05) is 28.1 Å². The van der Waals surface area contributed by atoms with Crippen LogP contribution in [0.4, 0.5) is 10.5 Å². The summed E-state index contributed by atoms with van der Waals surface area (Å²) < 4.78 is 5.82. The van der Waals surface area contributed by atoms with Gasteiger partial charge in [-0.3, -0.25) is 24.6 Å². The number of amides is 2. The smallest absolute Gasteiger partial charge is 0.315 e. The van der Waals surface area contributed by atoms with Crippen molar-refractivity contribution in [3.8, 4) is 11.5 Å². The lowest BCUT2D eigenvalue weighted by molar-refractivity contribution is -0.386. The number of halogens is 1. The van der Waals surface area contributed by atoms with Crippen LogP contribution < -0.4 is 4.74 Å². The zero-order chi connectivity index (χ0) is 20.4. The zero-order valence-corrected chi connectivity index (χ0v) is 16.8. The summed E-state index contributed by atoms with van der Waals surface area (Å²) in [6.07, 6.45) is 1.36. The van der Waals surface area contributed by atoms with Crippen LogP contribution in [0.3, 0.4) is 0 Å². The minimum Gasteiger partial charge on any atom is -0.500 e. The zero-order valence-electron chi connectivity index (χ0n) is 14.4. The number of carbonyl (C=O) groups is 2. The molecule has 2 aromatic rings. The number of methoxy groups -OCH3 is 1. The van der Waals surface area contributed by atoms with E-state index in [1.165, 1.54) is 19.3 Å². The van der Waals surface area contributed by atoms with E-state index in [2.05, 4.69) is 15.9 Å². The van der Waals surface area contributed by atoms with Crippen LogP contribution in [-0.2, 0) is 11.3 Å². The third kappa shape index (κ3) is 4.02. The average Bonchev–Trinajstić information content (AvgIpc) is 2.91. The third-order valence-electron chi connectivity index (χ3n) is 3.92. The van der Waals surface area contributed by atoms with Gasteiger partial charge < -0.3 is 9.84 Å². The molecule has 1 fully saturated rings. The molecular formula is C18H13BrN2O6S. The van der Waals surface area contributed by atoms with E-state index in [4.69, 9.17) is 4.74 Å². The Bertz CT molecular complexity index is 1010. The summed E-state index contributed by atoms with van der Waals surface area (Å²) >= 11 is 4.07. The Morgan fingerprint density at radius 1 is 1.29 bits per heavy atom. The maximum Gasteiger partial charge on any atom is 0.315 e. The predicted octanol–water partition coefficient (Wildman–Crippen LogP) is 4.31. The second-order valence-corrected chi connectivity index (χ2v) is 7.65. The molecule has 0 saturated carbocycles. The van der Waals surface area contributed by atoms with E-state index in [0.717, 1.165) is 32.8 Å². The number of phenols is 1. The van der Waals surface area contributed by atoms with Crippen molar-refractivity contribution in [3.05, 3.63) is 67.0 Å². The van der Waals surface area contributed by atoms with Crippen molar-refractivity contribution in [2.24, 2.45) is 0 Å². The van der Waals surface area contributed by atoms with Crippen LogP contribution in [0.1, 0.15) is 11.1 Å². The fourth-order valence-electron chi connectivity index (χ4n) is 2.55. The summed E-state index contributed by atoms with van der Waals surface area (Å²) in [5.74, 6) is -1.20. The number of nitro groups is 1. The lowest BCUT2D eigenvalue weighted by Crippen LogP contribution is -2.27. The molecule has 1 aliphatic rings. The van der Waals surface area contributed by atoms with Crippen LogP contribution in [0.5, 0.6) is 11.5 Å². The molecule has 144 valence electrons. The van der Waals surface area contributed by atoms with Crippen molar-refractivity contribution in [2.75, 3.05) is 7.11 Å². The molecule has 0 unspecified atom stereocenters. The van der Waals surface area contributed by atoms with Crippen molar-refractivity contribution in [1.82, 2.24) is 4.90 Å². The Morgan fingerprint density at radius 2 is 1.96 bits per heavy atom. The topological polar surface area (TPSA) is 110 Å². The lowest BCUT2D eigenvalue weighted by Gasteiger charge is -2.12. The van der Waals surface area contributed by atoms with Gasteiger partial charge in [-0.05, 0) is 47.2 Å². The van der Waals surface area contributed by atoms with Gasteiger partial charge in [-0.15, -0.1) is 0 Å². The van der Waals surface area contributed by atoms with Gasteiger partial charge in [-0.25, -0.2) is 0 Å². The average molecular weight is 465 g/mol. The maximum absolute atomic E-state index is 12.6. The van der Waals surface area contributed by atoms with Crippen LogP contribution in [0.2, 0.25) is 0 Å². The number of rotatable bonds is 5. The number of benzene rings is 2. The normalized spacial score (nSPS) is 15.4. The molecule has 3 rings (SSSR count). The number of nitrogens with zero attached hydrogens (tertiary/aromatic N) is 2. The molecule has 1 saturated heterocycles. The number of carbonyl (C=O) groups excluding carboxylic acids is 2. The Kier molecular flexibility index (Phi) is 5.71. The molecule has 0 spiro atoms. The first-order chi connectivity index (χ1) is 13.3. The molecule has 1 heterocycles. The molecule has 10 heteroatoms. The summed E-state index contributed by atoms with van der Waals surface area (Å²) in [5.41, 5.74) is 0.490. The van der Waals surface area contributed by atoms with Gasteiger partial charge in [0, 0.05) is 10.5 Å². The second-order valence-electron chi connectivity index (χ2n) is 5.74. The summed E-state index contributed by atoms with van der Waals surface area (Å²) in [7, 11) is 1.26. The Hall–Kier alpha value is -2.85.